The minimum atomic E-state index is -0.659. The van der Waals surface area contributed by atoms with Gasteiger partial charge >= 0.3 is 12.1 Å². The van der Waals surface area contributed by atoms with E-state index in [-0.39, 0.29) is 12.1 Å². The van der Waals surface area contributed by atoms with E-state index in [1.165, 1.54) is 7.11 Å². The number of hydrogen-bond acceptors (Lipinski definition) is 6. The molecule has 1 aliphatic heterocycles. The van der Waals surface area contributed by atoms with E-state index in [4.69, 9.17) is 25.8 Å². The molecule has 0 radical (unpaired) electrons. The summed E-state index contributed by atoms with van der Waals surface area (Å²) in [5.74, 6) is -0.377. The van der Waals surface area contributed by atoms with Crippen LogP contribution in [-0.4, -0.2) is 68.6 Å². The molecule has 8 heteroatoms. The molecular weight excluding hydrogens is 396 g/mol. The third kappa shape index (κ3) is 6.78. The highest BCUT2D eigenvalue weighted by atomic mass is 35.5. The summed E-state index contributed by atoms with van der Waals surface area (Å²) in [4.78, 5) is 28.1. The van der Waals surface area contributed by atoms with Crippen LogP contribution in [0.1, 0.15) is 33.3 Å². The number of carbonyl (C=O) groups excluding carboxylic acids is 2. The Morgan fingerprint density at radius 3 is 2.38 bits per heavy atom. The van der Waals surface area contributed by atoms with E-state index in [2.05, 4.69) is 4.90 Å². The number of halogens is 1. The van der Waals surface area contributed by atoms with Gasteiger partial charge in [-0.15, -0.1) is 0 Å². The molecule has 1 unspecified atom stereocenters. The smallest absolute Gasteiger partial charge is 0.410 e. The number of carbonyl (C=O) groups is 2. The average molecular weight is 427 g/mol. The van der Waals surface area contributed by atoms with Crippen LogP contribution >= 0.6 is 11.6 Å². The van der Waals surface area contributed by atoms with E-state index in [1.807, 2.05) is 39.0 Å². The molecule has 1 aromatic rings. The molecule has 1 heterocycles. The van der Waals surface area contributed by atoms with Gasteiger partial charge in [0, 0.05) is 39.7 Å². The molecular formula is C21H31ClN2O5. The first-order valence-corrected chi connectivity index (χ1v) is 10.2. The first-order valence-electron chi connectivity index (χ1n) is 9.85. The van der Waals surface area contributed by atoms with Gasteiger partial charge in [-0.25, -0.2) is 9.59 Å². The second-order valence-electron chi connectivity index (χ2n) is 7.92. The first-order chi connectivity index (χ1) is 13.6. The van der Waals surface area contributed by atoms with Crippen LogP contribution in [0, 0.1) is 0 Å². The van der Waals surface area contributed by atoms with Crippen LogP contribution in [0.3, 0.4) is 0 Å². The van der Waals surface area contributed by atoms with Gasteiger partial charge in [0.1, 0.15) is 5.60 Å². The van der Waals surface area contributed by atoms with E-state index in [1.54, 1.807) is 11.8 Å². The van der Waals surface area contributed by atoms with Gasteiger partial charge in [-0.3, -0.25) is 0 Å². The number of rotatable bonds is 6. The Morgan fingerprint density at radius 2 is 1.83 bits per heavy atom. The average Bonchev–Trinajstić information content (AvgIpc) is 2.66. The van der Waals surface area contributed by atoms with Crippen molar-refractivity contribution in [2.45, 2.75) is 45.8 Å². The third-order valence-corrected chi connectivity index (χ3v) is 4.86. The molecule has 2 rings (SSSR count). The Balaban J connectivity index is 2.03. The molecule has 29 heavy (non-hydrogen) atoms. The predicted octanol–water partition coefficient (Wildman–Crippen LogP) is 3.52. The molecule has 0 bridgehead atoms. The number of anilines is 1. The Labute approximate surface area is 177 Å². The normalized spacial score (nSPS) is 15.8. The van der Waals surface area contributed by atoms with Gasteiger partial charge in [-0.05, 0) is 45.4 Å². The van der Waals surface area contributed by atoms with Crippen molar-refractivity contribution in [3.05, 3.63) is 28.8 Å². The number of hydrogen-bond donors (Lipinski definition) is 0. The first kappa shape index (κ1) is 23.3. The molecule has 0 spiro atoms. The zero-order valence-corrected chi connectivity index (χ0v) is 18.6. The van der Waals surface area contributed by atoms with E-state index in [0.717, 1.165) is 11.3 Å². The van der Waals surface area contributed by atoms with Crippen molar-refractivity contribution in [3.63, 3.8) is 0 Å². The summed E-state index contributed by atoms with van der Waals surface area (Å²) in [5.41, 5.74) is 1.30. The molecule has 1 aliphatic rings. The van der Waals surface area contributed by atoms with Crippen molar-refractivity contribution in [1.29, 1.82) is 0 Å². The van der Waals surface area contributed by atoms with Gasteiger partial charge in [-0.2, -0.15) is 0 Å². The molecule has 1 atom stereocenters. The number of ether oxygens (including phenoxy) is 3. The Hall–Kier alpha value is -1.99. The zero-order valence-electron chi connectivity index (χ0n) is 17.9. The Morgan fingerprint density at radius 1 is 1.17 bits per heavy atom. The van der Waals surface area contributed by atoms with Crippen molar-refractivity contribution in [2.24, 2.45) is 0 Å². The number of benzene rings is 1. The zero-order chi connectivity index (χ0) is 21.6. The standard InChI is InChI=1S/C21H31ClN2O5/c1-6-28-19(25)18(27-5)14-15-7-8-16(22)17(13-15)23-9-11-24(12-10-23)20(26)29-21(2,3)4/h7-8,13,18H,6,9-12,14H2,1-5H3. The fraction of sp³-hybridized carbons (Fsp3) is 0.619. The van der Waals surface area contributed by atoms with E-state index in [9.17, 15) is 9.59 Å². The lowest BCUT2D eigenvalue weighted by atomic mass is 10.1. The second kappa shape index (κ2) is 10.2. The highest BCUT2D eigenvalue weighted by Crippen LogP contribution is 2.29. The van der Waals surface area contributed by atoms with Gasteiger partial charge in [0.15, 0.2) is 6.10 Å². The Bertz CT molecular complexity index is 712. The maximum absolute atomic E-state index is 12.3. The number of methoxy groups -OCH3 is 1. The van der Waals surface area contributed by atoms with Crippen molar-refractivity contribution in [3.8, 4) is 0 Å². The topological polar surface area (TPSA) is 68.3 Å². The van der Waals surface area contributed by atoms with Crippen molar-refractivity contribution in [2.75, 3.05) is 44.8 Å². The van der Waals surface area contributed by atoms with Crippen LogP contribution in [0.4, 0.5) is 10.5 Å². The van der Waals surface area contributed by atoms with Crippen LogP contribution < -0.4 is 4.90 Å². The summed E-state index contributed by atoms with van der Waals surface area (Å²) in [6.07, 6.45) is -0.556. The monoisotopic (exact) mass is 426 g/mol. The van der Waals surface area contributed by atoms with Crippen molar-refractivity contribution >= 4 is 29.4 Å². The highest BCUT2D eigenvalue weighted by Gasteiger charge is 2.27. The SMILES string of the molecule is CCOC(=O)C(Cc1ccc(Cl)c(N2CCN(C(=O)OC(C)(C)C)CC2)c1)OC. The lowest BCUT2D eigenvalue weighted by Gasteiger charge is -2.37. The van der Waals surface area contributed by atoms with Gasteiger partial charge in [0.05, 0.1) is 17.3 Å². The molecule has 0 aliphatic carbocycles. The largest absolute Gasteiger partial charge is 0.464 e. The number of amides is 1. The van der Waals surface area contributed by atoms with Crippen LogP contribution in [0.15, 0.2) is 18.2 Å². The van der Waals surface area contributed by atoms with Gasteiger partial charge in [-0.1, -0.05) is 17.7 Å². The molecule has 1 aromatic carbocycles. The van der Waals surface area contributed by atoms with Crippen molar-refractivity contribution < 1.29 is 23.8 Å². The fourth-order valence-electron chi connectivity index (χ4n) is 3.10. The summed E-state index contributed by atoms with van der Waals surface area (Å²) in [6, 6.07) is 5.68. The second-order valence-corrected chi connectivity index (χ2v) is 8.33. The molecule has 162 valence electrons. The summed E-state index contributed by atoms with van der Waals surface area (Å²) < 4.78 is 15.8. The number of nitrogens with zero attached hydrogens (tertiary/aromatic N) is 2. The quantitative estimate of drug-likeness (QED) is 0.648. The highest BCUT2D eigenvalue weighted by molar-refractivity contribution is 6.33. The van der Waals surface area contributed by atoms with E-state index in [0.29, 0.717) is 44.2 Å². The molecule has 0 aromatic heterocycles. The minimum absolute atomic E-state index is 0.297. The molecule has 1 amide bonds. The molecule has 0 saturated carbocycles. The summed E-state index contributed by atoms with van der Waals surface area (Å²) >= 11 is 6.43. The van der Waals surface area contributed by atoms with Crippen LogP contribution in [-0.2, 0) is 25.4 Å². The number of esters is 1. The Kier molecular flexibility index (Phi) is 8.16. The minimum Gasteiger partial charge on any atom is -0.464 e. The van der Waals surface area contributed by atoms with E-state index >= 15 is 0 Å². The van der Waals surface area contributed by atoms with Crippen LogP contribution in [0.25, 0.3) is 0 Å². The van der Waals surface area contributed by atoms with Gasteiger partial charge < -0.3 is 24.0 Å². The maximum Gasteiger partial charge on any atom is 0.410 e. The van der Waals surface area contributed by atoms with Crippen molar-refractivity contribution in [1.82, 2.24) is 4.90 Å². The molecule has 1 saturated heterocycles. The van der Waals surface area contributed by atoms with E-state index < -0.39 is 11.7 Å². The molecule has 1 fully saturated rings. The summed E-state index contributed by atoms with van der Waals surface area (Å²) in [6.45, 7) is 10.1. The predicted molar refractivity (Wildman–Crippen MR) is 113 cm³/mol. The van der Waals surface area contributed by atoms with Crippen LogP contribution in [0.5, 0.6) is 0 Å². The van der Waals surface area contributed by atoms with Gasteiger partial charge in [0.2, 0.25) is 0 Å². The lowest BCUT2D eigenvalue weighted by Crippen LogP contribution is -2.50. The fourth-order valence-corrected chi connectivity index (χ4v) is 3.33. The summed E-state index contributed by atoms with van der Waals surface area (Å²) in [7, 11) is 1.49. The maximum atomic E-state index is 12.3. The summed E-state index contributed by atoms with van der Waals surface area (Å²) in [5, 5.41) is 0.629. The number of piperazine rings is 1. The lowest BCUT2D eigenvalue weighted by molar-refractivity contribution is -0.154. The third-order valence-electron chi connectivity index (χ3n) is 4.54. The van der Waals surface area contributed by atoms with Crippen LogP contribution in [0.2, 0.25) is 5.02 Å². The molecule has 0 N–H and O–H groups in total. The van der Waals surface area contributed by atoms with Gasteiger partial charge in [0.25, 0.3) is 0 Å². The molecule has 7 nitrogen and oxygen atoms in total.